The van der Waals surface area contributed by atoms with E-state index in [0.29, 0.717) is 12.1 Å². The topological polar surface area (TPSA) is 20.3 Å². The van der Waals surface area contributed by atoms with E-state index < -0.39 is 0 Å². The van der Waals surface area contributed by atoms with Gasteiger partial charge in [0.25, 0.3) is 0 Å². The smallest absolute Gasteiger partial charge is 0.220 e. The summed E-state index contributed by atoms with van der Waals surface area (Å²) in [6.07, 6.45) is 2.28. The molecule has 0 radical (unpaired) electrons. The third-order valence-electron chi connectivity index (χ3n) is 3.80. The molecule has 0 unspecified atom stereocenters. The van der Waals surface area contributed by atoms with Crippen LogP contribution in [0.1, 0.15) is 48.5 Å². The van der Waals surface area contributed by atoms with Crippen LogP contribution in [-0.2, 0) is 4.79 Å². The SMILES string of the molecule is CC(=O)N1[C@@H]2CC[C@H]1c1c(C)cccc12. The van der Waals surface area contributed by atoms with E-state index in [4.69, 9.17) is 0 Å². The first-order valence-corrected chi connectivity index (χ1v) is 5.58. The summed E-state index contributed by atoms with van der Waals surface area (Å²) in [5.74, 6) is 0.220. The zero-order valence-corrected chi connectivity index (χ0v) is 9.16. The zero-order valence-electron chi connectivity index (χ0n) is 9.16. The highest BCUT2D eigenvalue weighted by molar-refractivity contribution is 5.76. The molecule has 1 fully saturated rings. The average Bonchev–Trinajstić information content (AvgIpc) is 2.73. The Hall–Kier alpha value is -1.31. The highest BCUT2D eigenvalue weighted by atomic mass is 16.2. The van der Waals surface area contributed by atoms with E-state index in [0.717, 1.165) is 12.8 Å². The normalized spacial score (nSPS) is 26.9. The molecule has 2 aliphatic heterocycles. The molecule has 0 spiro atoms. The van der Waals surface area contributed by atoms with Crippen molar-refractivity contribution in [2.45, 2.75) is 38.8 Å². The molecule has 3 rings (SSSR count). The molecule has 2 heterocycles. The van der Waals surface area contributed by atoms with Gasteiger partial charge in [-0.05, 0) is 36.5 Å². The maximum absolute atomic E-state index is 11.6. The largest absolute Gasteiger partial charge is 0.329 e. The molecule has 0 N–H and O–H groups in total. The third kappa shape index (κ3) is 1.02. The summed E-state index contributed by atoms with van der Waals surface area (Å²) in [6.45, 7) is 3.84. The number of hydrogen-bond acceptors (Lipinski definition) is 1. The minimum atomic E-state index is 0.220. The summed E-state index contributed by atoms with van der Waals surface area (Å²) in [5, 5.41) is 0. The van der Waals surface area contributed by atoms with Crippen LogP contribution in [0.5, 0.6) is 0 Å². The summed E-state index contributed by atoms with van der Waals surface area (Å²) in [6, 6.07) is 7.17. The number of nitrogens with zero attached hydrogens (tertiary/aromatic N) is 1. The van der Waals surface area contributed by atoms with E-state index in [1.54, 1.807) is 6.92 Å². The molecule has 2 atom stereocenters. The van der Waals surface area contributed by atoms with Crippen molar-refractivity contribution in [2.75, 3.05) is 0 Å². The molecule has 2 heteroatoms. The molecule has 1 amide bonds. The van der Waals surface area contributed by atoms with Crippen LogP contribution >= 0.6 is 0 Å². The van der Waals surface area contributed by atoms with Crippen LogP contribution < -0.4 is 0 Å². The Balaban J connectivity index is 2.17. The summed E-state index contributed by atoms with van der Waals surface area (Å²) in [5.41, 5.74) is 4.15. The van der Waals surface area contributed by atoms with Gasteiger partial charge in [0.2, 0.25) is 5.91 Å². The van der Waals surface area contributed by atoms with Crippen molar-refractivity contribution in [3.63, 3.8) is 0 Å². The number of fused-ring (bicyclic) bond motifs is 5. The fraction of sp³-hybridized carbons (Fsp3) is 0.462. The molecule has 2 nitrogen and oxygen atoms in total. The van der Waals surface area contributed by atoms with Gasteiger partial charge < -0.3 is 4.90 Å². The molecule has 1 aromatic rings. The Morgan fingerprint density at radius 1 is 1.33 bits per heavy atom. The fourth-order valence-electron chi connectivity index (χ4n) is 3.29. The lowest BCUT2D eigenvalue weighted by Gasteiger charge is -2.20. The molecule has 78 valence electrons. The summed E-state index contributed by atoms with van der Waals surface area (Å²) in [7, 11) is 0. The maximum atomic E-state index is 11.6. The average molecular weight is 201 g/mol. The fourth-order valence-corrected chi connectivity index (χ4v) is 3.29. The van der Waals surface area contributed by atoms with Crippen molar-refractivity contribution < 1.29 is 4.79 Å². The standard InChI is InChI=1S/C13H15NO/c1-8-4-3-5-10-11-6-7-12(13(8)10)14(11)9(2)15/h3-5,11-12H,6-7H2,1-2H3/t11-,12+/m1/s1. The van der Waals surface area contributed by atoms with Gasteiger partial charge in [-0.15, -0.1) is 0 Å². The van der Waals surface area contributed by atoms with E-state index in [9.17, 15) is 4.79 Å². The lowest BCUT2D eigenvalue weighted by Crippen LogP contribution is -2.24. The van der Waals surface area contributed by atoms with Gasteiger partial charge in [0.15, 0.2) is 0 Å². The van der Waals surface area contributed by atoms with Crippen molar-refractivity contribution in [2.24, 2.45) is 0 Å². The van der Waals surface area contributed by atoms with Crippen LogP contribution in [-0.4, -0.2) is 10.8 Å². The minimum absolute atomic E-state index is 0.220. The number of benzene rings is 1. The zero-order chi connectivity index (χ0) is 10.6. The van der Waals surface area contributed by atoms with Gasteiger partial charge in [0.05, 0.1) is 12.1 Å². The molecular formula is C13H15NO. The number of amides is 1. The first-order chi connectivity index (χ1) is 7.20. The Morgan fingerprint density at radius 2 is 2.07 bits per heavy atom. The second-order valence-corrected chi connectivity index (χ2v) is 4.61. The Bertz CT molecular complexity index is 438. The van der Waals surface area contributed by atoms with Crippen molar-refractivity contribution in [1.82, 2.24) is 4.90 Å². The molecule has 1 aromatic carbocycles. The van der Waals surface area contributed by atoms with Gasteiger partial charge in [-0.1, -0.05) is 18.2 Å². The van der Waals surface area contributed by atoms with Crippen molar-refractivity contribution >= 4 is 5.91 Å². The van der Waals surface area contributed by atoms with Gasteiger partial charge in [0, 0.05) is 6.92 Å². The Labute approximate surface area is 89.9 Å². The van der Waals surface area contributed by atoms with Crippen LogP contribution in [0.2, 0.25) is 0 Å². The number of hydrogen-bond donors (Lipinski definition) is 0. The molecule has 1 saturated heterocycles. The molecule has 15 heavy (non-hydrogen) atoms. The van der Waals surface area contributed by atoms with Crippen molar-refractivity contribution in [1.29, 1.82) is 0 Å². The van der Waals surface area contributed by atoms with Crippen LogP contribution in [0.15, 0.2) is 18.2 Å². The number of carbonyl (C=O) groups excluding carboxylic acids is 1. The lowest BCUT2D eigenvalue weighted by molar-refractivity contribution is -0.131. The monoisotopic (exact) mass is 201 g/mol. The lowest BCUT2D eigenvalue weighted by atomic mass is 9.89. The van der Waals surface area contributed by atoms with Crippen molar-refractivity contribution in [3.8, 4) is 0 Å². The first kappa shape index (κ1) is 8.96. The van der Waals surface area contributed by atoms with Crippen LogP contribution in [0.3, 0.4) is 0 Å². The third-order valence-corrected chi connectivity index (χ3v) is 3.80. The van der Waals surface area contributed by atoms with Gasteiger partial charge in [-0.25, -0.2) is 0 Å². The minimum Gasteiger partial charge on any atom is -0.329 e. The van der Waals surface area contributed by atoms with E-state index in [-0.39, 0.29) is 5.91 Å². The maximum Gasteiger partial charge on any atom is 0.220 e. The van der Waals surface area contributed by atoms with E-state index >= 15 is 0 Å². The van der Waals surface area contributed by atoms with Crippen LogP contribution in [0.4, 0.5) is 0 Å². The highest BCUT2D eigenvalue weighted by Gasteiger charge is 2.45. The second-order valence-electron chi connectivity index (χ2n) is 4.61. The quantitative estimate of drug-likeness (QED) is 0.632. The molecule has 2 bridgehead atoms. The van der Waals surface area contributed by atoms with Crippen LogP contribution in [0, 0.1) is 6.92 Å². The van der Waals surface area contributed by atoms with Gasteiger partial charge in [-0.3, -0.25) is 4.79 Å². The number of rotatable bonds is 0. The molecule has 0 saturated carbocycles. The van der Waals surface area contributed by atoms with E-state index in [2.05, 4.69) is 30.0 Å². The predicted molar refractivity (Wildman–Crippen MR) is 58.4 cm³/mol. The number of carbonyl (C=O) groups is 1. The van der Waals surface area contributed by atoms with Gasteiger partial charge in [0.1, 0.15) is 0 Å². The summed E-state index contributed by atoms with van der Waals surface area (Å²) < 4.78 is 0. The summed E-state index contributed by atoms with van der Waals surface area (Å²) in [4.78, 5) is 13.7. The van der Waals surface area contributed by atoms with Gasteiger partial charge >= 0.3 is 0 Å². The molecule has 0 aromatic heterocycles. The van der Waals surface area contributed by atoms with E-state index in [1.807, 2.05) is 0 Å². The molecule has 0 aliphatic carbocycles. The van der Waals surface area contributed by atoms with Crippen molar-refractivity contribution in [3.05, 3.63) is 34.9 Å². The second kappa shape index (κ2) is 2.84. The Kier molecular flexibility index (Phi) is 1.70. The van der Waals surface area contributed by atoms with Crippen LogP contribution in [0.25, 0.3) is 0 Å². The Morgan fingerprint density at radius 3 is 2.73 bits per heavy atom. The highest BCUT2D eigenvalue weighted by Crippen LogP contribution is 2.53. The summed E-state index contributed by atoms with van der Waals surface area (Å²) >= 11 is 0. The number of aryl methyl sites for hydroxylation is 1. The van der Waals surface area contributed by atoms with E-state index in [1.165, 1.54) is 16.7 Å². The van der Waals surface area contributed by atoms with Gasteiger partial charge in [-0.2, -0.15) is 0 Å². The molecular weight excluding hydrogens is 186 g/mol. The first-order valence-electron chi connectivity index (χ1n) is 5.58. The molecule has 2 aliphatic rings. The predicted octanol–water partition coefficient (Wildman–Crippen LogP) is 2.73.